The fourth-order valence-corrected chi connectivity index (χ4v) is 1.69. The van der Waals surface area contributed by atoms with Crippen LogP contribution >= 0.6 is 0 Å². The minimum atomic E-state index is -1.30. The standard InChI is InChI=1S/C9H21FOSi/c1-12(2,3)11-9-7-5-4-6-8-10/h4-9H2,1-3H3. The van der Waals surface area contributed by atoms with Crippen LogP contribution in [0.25, 0.3) is 0 Å². The Morgan fingerprint density at radius 1 is 1.00 bits per heavy atom. The lowest BCUT2D eigenvalue weighted by atomic mass is 10.2. The zero-order chi connectivity index (χ0) is 9.45. The van der Waals surface area contributed by atoms with Crippen molar-refractivity contribution in [1.82, 2.24) is 0 Å². The molecule has 0 saturated carbocycles. The molecule has 0 unspecified atom stereocenters. The van der Waals surface area contributed by atoms with Gasteiger partial charge in [0.15, 0.2) is 8.32 Å². The van der Waals surface area contributed by atoms with E-state index in [9.17, 15) is 4.39 Å². The minimum absolute atomic E-state index is 0.172. The minimum Gasteiger partial charge on any atom is -0.418 e. The first-order valence-corrected chi connectivity index (χ1v) is 8.17. The quantitative estimate of drug-likeness (QED) is 0.444. The fraction of sp³-hybridized carbons (Fsp3) is 1.00. The maximum Gasteiger partial charge on any atom is 0.183 e. The van der Waals surface area contributed by atoms with Crippen molar-refractivity contribution in [1.29, 1.82) is 0 Å². The number of rotatable bonds is 7. The molecular formula is C9H21FOSi. The summed E-state index contributed by atoms with van der Waals surface area (Å²) < 4.78 is 17.3. The summed E-state index contributed by atoms with van der Waals surface area (Å²) in [4.78, 5) is 0. The third-order valence-corrected chi connectivity index (χ3v) is 2.63. The van der Waals surface area contributed by atoms with E-state index in [1.807, 2.05) is 0 Å². The SMILES string of the molecule is C[Si](C)(C)OCCCCCCF. The Morgan fingerprint density at radius 3 is 2.08 bits per heavy atom. The van der Waals surface area contributed by atoms with Crippen molar-refractivity contribution in [2.24, 2.45) is 0 Å². The molecule has 0 radical (unpaired) electrons. The van der Waals surface area contributed by atoms with Gasteiger partial charge in [-0.3, -0.25) is 4.39 Å². The summed E-state index contributed by atoms with van der Waals surface area (Å²) in [5.74, 6) is 0. The molecule has 12 heavy (non-hydrogen) atoms. The van der Waals surface area contributed by atoms with Crippen LogP contribution in [-0.4, -0.2) is 21.6 Å². The first-order chi connectivity index (χ1) is 5.56. The molecule has 74 valence electrons. The van der Waals surface area contributed by atoms with Crippen molar-refractivity contribution in [3.63, 3.8) is 0 Å². The van der Waals surface area contributed by atoms with E-state index in [-0.39, 0.29) is 6.67 Å². The summed E-state index contributed by atoms with van der Waals surface area (Å²) in [6.45, 7) is 7.26. The molecule has 0 fully saturated rings. The topological polar surface area (TPSA) is 9.23 Å². The highest BCUT2D eigenvalue weighted by Crippen LogP contribution is 2.06. The van der Waals surface area contributed by atoms with Gasteiger partial charge in [-0.1, -0.05) is 12.8 Å². The molecule has 3 heteroatoms. The van der Waals surface area contributed by atoms with Crippen LogP contribution in [0.5, 0.6) is 0 Å². The summed E-state index contributed by atoms with van der Waals surface area (Å²) in [5.41, 5.74) is 0. The van der Waals surface area contributed by atoms with Crippen molar-refractivity contribution in [2.45, 2.75) is 45.3 Å². The van der Waals surface area contributed by atoms with Crippen LogP contribution in [0.3, 0.4) is 0 Å². The van der Waals surface area contributed by atoms with Gasteiger partial charge in [0.2, 0.25) is 0 Å². The molecule has 0 aliphatic heterocycles. The number of halogens is 1. The third-order valence-electron chi connectivity index (χ3n) is 1.56. The normalized spacial score (nSPS) is 12.0. The Hall–Kier alpha value is 0.107. The molecule has 0 atom stereocenters. The third kappa shape index (κ3) is 10.1. The van der Waals surface area contributed by atoms with E-state index < -0.39 is 8.32 Å². The number of hydrogen-bond donors (Lipinski definition) is 0. The van der Waals surface area contributed by atoms with Gasteiger partial charge in [-0.25, -0.2) is 0 Å². The molecule has 0 aromatic rings. The average molecular weight is 192 g/mol. The Labute approximate surface area is 76.4 Å². The maximum absolute atomic E-state index is 11.7. The first-order valence-electron chi connectivity index (χ1n) is 4.76. The van der Waals surface area contributed by atoms with Crippen LogP contribution in [-0.2, 0) is 4.43 Å². The highest BCUT2D eigenvalue weighted by molar-refractivity contribution is 6.69. The summed E-state index contributed by atoms with van der Waals surface area (Å²) in [6, 6.07) is 0. The van der Waals surface area contributed by atoms with Gasteiger partial charge in [-0.2, -0.15) is 0 Å². The zero-order valence-electron chi connectivity index (χ0n) is 8.53. The summed E-state index contributed by atoms with van der Waals surface area (Å²) in [6.07, 6.45) is 3.91. The Balaban J connectivity index is 3.01. The van der Waals surface area contributed by atoms with E-state index in [4.69, 9.17) is 4.43 Å². The second-order valence-electron chi connectivity index (χ2n) is 4.06. The Kier molecular flexibility index (Phi) is 6.66. The van der Waals surface area contributed by atoms with Gasteiger partial charge >= 0.3 is 0 Å². The summed E-state index contributed by atoms with van der Waals surface area (Å²) >= 11 is 0. The number of hydrogen-bond acceptors (Lipinski definition) is 1. The number of alkyl halides is 1. The second kappa shape index (κ2) is 6.60. The van der Waals surface area contributed by atoms with Gasteiger partial charge in [-0.05, 0) is 32.5 Å². The van der Waals surface area contributed by atoms with Crippen molar-refractivity contribution >= 4 is 8.32 Å². The summed E-state index contributed by atoms with van der Waals surface area (Å²) in [5, 5.41) is 0. The second-order valence-corrected chi connectivity index (χ2v) is 8.58. The molecule has 0 aromatic heterocycles. The predicted molar refractivity (Wildman–Crippen MR) is 53.7 cm³/mol. The monoisotopic (exact) mass is 192 g/mol. The molecule has 0 aliphatic carbocycles. The van der Waals surface area contributed by atoms with Crippen molar-refractivity contribution in [3.8, 4) is 0 Å². The van der Waals surface area contributed by atoms with Gasteiger partial charge in [-0.15, -0.1) is 0 Å². The van der Waals surface area contributed by atoms with Crippen molar-refractivity contribution in [3.05, 3.63) is 0 Å². The van der Waals surface area contributed by atoms with Gasteiger partial charge in [0, 0.05) is 6.61 Å². The van der Waals surface area contributed by atoms with Gasteiger partial charge < -0.3 is 4.43 Å². The molecule has 0 saturated heterocycles. The first kappa shape index (κ1) is 12.1. The van der Waals surface area contributed by atoms with Crippen molar-refractivity contribution < 1.29 is 8.82 Å². The lowest BCUT2D eigenvalue weighted by Crippen LogP contribution is -2.25. The Morgan fingerprint density at radius 2 is 1.58 bits per heavy atom. The molecular weight excluding hydrogens is 171 g/mol. The lowest BCUT2D eigenvalue weighted by Gasteiger charge is -2.16. The van der Waals surface area contributed by atoms with Crippen LogP contribution in [0, 0.1) is 0 Å². The van der Waals surface area contributed by atoms with Crippen LogP contribution in [0.4, 0.5) is 4.39 Å². The van der Waals surface area contributed by atoms with E-state index in [1.54, 1.807) is 0 Å². The van der Waals surface area contributed by atoms with Crippen molar-refractivity contribution in [2.75, 3.05) is 13.3 Å². The van der Waals surface area contributed by atoms with Crippen LogP contribution in [0.2, 0.25) is 19.6 Å². The maximum atomic E-state index is 11.7. The molecule has 0 amide bonds. The van der Waals surface area contributed by atoms with Gasteiger partial charge in [0.1, 0.15) is 0 Å². The lowest BCUT2D eigenvalue weighted by molar-refractivity contribution is 0.297. The van der Waals surface area contributed by atoms with E-state index in [1.165, 1.54) is 0 Å². The molecule has 0 N–H and O–H groups in total. The molecule has 0 heterocycles. The fourth-order valence-electron chi connectivity index (χ4n) is 0.928. The zero-order valence-corrected chi connectivity index (χ0v) is 9.53. The molecule has 0 aromatic carbocycles. The molecule has 1 nitrogen and oxygen atoms in total. The smallest absolute Gasteiger partial charge is 0.183 e. The molecule has 0 rings (SSSR count). The predicted octanol–water partition coefficient (Wildman–Crippen LogP) is 3.37. The van der Waals surface area contributed by atoms with E-state index in [2.05, 4.69) is 19.6 Å². The largest absolute Gasteiger partial charge is 0.418 e. The van der Waals surface area contributed by atoms with Crippen LogP contribution in [0.1, 0.15) is 25.7 Å². The summed E-state index contributed by atoms with van der Waals surface area (Å²) in [7, 11) is -1.30. The van der Waals surface area contributed by atoms with Crippen LogP contribution in [0.15, 0.2) is 0 Å². The molecule has 0 bridgehead atoms. The molecule has 0 spiro atoms. The number of unbranched alkanes of at least 4 members (excludes halogenated alkanes) is 3. The van der Waals surface area contributed by atoms with E-state index in [0.717, 1.165) is 25.9 Å². The molecule has 0 aliphatic rings. The van der Waals surface area contributed by atoms with E-state index in [0.29, 0.717) is 6.42 Å². The highest BCUT2D eigenvalue weighted by atomic mass is 28.4. The van der Waals surface area contributed by atoms with Gasteiger partial charge in [0.25, 0.3) is 0 Å². The van der Waals surface area contributed by atoms with Gasteiger partial charge in [0.05, 0.1) is 6.67 Å². The van der Waals surface area contributed by atoms with Crippen LogP contribution < -0.4 is 0 Å². The Bertz CT molecular complexity index is 101. The van der Waals surface area contributed by atoms with E-state index >= 15 is 0 Å². The average Bonchev–Trinajstić information content (AvgIpc) is 1.94. The highest BCUT2D eigenvalue weighted by Gasteiger charge is 2.12.